The monoisotopic (exact) mass is 678 g/mol. The van der Waals surface area contributed by atoms with Gasteiger partial charge in [-0.1, -0.05) is 17.9 Å². The normalized spacial score (nSPS) is 11.6. The van der Waals surface area contributed by atoms with Crippen molar-refractivity contribution in [3.05, 3.63) is 130 Å². The Morgan fingerprint density at radius 2 is 1.15 bits per heavy atom. The molecule has 0 amide bonds. The van der Waals surface area contributed by atoms with Crippen molar-refractivity contribution in [3.63, 3.8) is 0 Å². The zero-order valence-corrected chi connectivity index (χ0v) is 23.0. The fraction of sp³-hybridized carbons (Fsp3) is 0.125. The Kier molecular flexibility index (Phi) is 9.84. The quantitative estimate of drug-likeness (QED) is 0.105. The van der Waals surface area contributed by atoms with E-state index < -0.39 is 98.3 Å². The van der Waals surface area contributed by atoms with Crippen LogP contribution in [0.2, 0.25) is 0 Å². The molecule has 4 aromatic carbocycles. The minimum absolute atomic E-state index is 0.162. The van der Waals surface area contributed by atoms with E-state index in [0.717, 1.165) is 12.1 Å². The van der Waals surface area contributed by atoms with Crippen molar-refractivity contribution in [1.82, 2.24) is 0 Å². The van der Waals surface area contributed by atoms with Gasteiger partial charge >= 0.3 is 12.5 Å². The number of allylic oxidation sites excluding steroid dienone is 1. The average Bonchev–Trinajstić information content (AvgIpc) is 2.92. The molecule has 0 fully saturated rings. The molecule has 0 atom stereocenters. The van der Waals surface area contributed by atoms with E-state index in [-0.39, 0.29) is 36.2 Å². The Morgan fingerprint density at radius 3 is 1.64 bits per heavy atom. The third kappa shape index (κ3) is 8.00. The van der Waals surface area contributed by atoms with Gasteiger partial charge in [-0.25, -0.2) is 35.1 Å². The standard InChI is InChI=1S/C32H15F13O2/c1-2-3-4-15-7-22(35)28(23(36)8-15)17-11-20(33)19(21(34)12-17)6-5-16-9-24(37)29(25(38)10-16)31(41,42)46-18-13-26(39)30(27(40)14-18)47-32(43,44)45/h2,7-14H,1,3-4H2. The molecule has 4 rings (SSSR count). The molecule has 0 aromatic heterocycles. The number of benzene rings is 4. The maximum absolute atomic E-state index is 14.8. The number of alkyl halides is 5. The van der Waals surface area contributed by atoms with Gasteiger partial charge in [0.2, 0.25) is 5.75 Å². The molecule has 0 N–H and O–H groups in total. The van der Waals surface area contributed by atoms with Gasteiger partial charge in [0, 0.05) is 17.7 Å². The fourth-order valence-electron chi connectivity index (χ4n) is 4.22. The first kappa shape index (κ1) is 34.7. The highest BCUT2D eigenvalue weighted by Gasteiger charge is 2.42. The second kappa shape index (κ2) is 13.3. The van der Waals surface area contributed by atoms with E-state index in [1.165, 1.54) is 6.08 Å². The van der Waals surface area contributed by atoms with Gasteiger partial charge in [-0.3, -0.25) is 0 Å². The first-order valence-electron chi connectivity index (χ1n) is 12.8. The molecule has 0 heterocycles. The van der Waals surface area contributed by atoms with Gasteiger partial charge in [0.15, 0.2) is 11.6 Å². The average molecular weight is 678 g/mol. The smallest absolute Gasteiger partial charge is 0.429 e. The minimum Gasteiger partial charge on any atom is -0.429 e. The summed E-state index contributed by atoms with van der Waals surface area (Å²) >= 11 is 0. The molecule has 0 spiro atoms. The van der Waals surface area contributed by atoms with Crippen molar-refractivity contribution in [2.24, 2.45) is 0 Å². The summed E-state index contributed by atoms with van der Waals surface area (Å²) in [5.74, 6) is -13.2. The Bertz CT molecular complexity index is 1830. The van der Waals surface area contributed by atoms with Crippen LogP contribution in [0.5, 0.6) is 11.5 Å². The molecule has 0 radical (unpaired) electrons. The van der Waals surface area contributed by atoms with E-state index in [0.29, 0.717) is 18.6 Å². The van der Waals surface area contributed by atoms with Crippen LogP contribution in [0.3, 0.4) is 0 Å². The molecule has 4 aromatic rings. The van der Waals surface area contributed by atoms with Gasteiger partial charge in [0.1, 0.15) is 46.2 Å². The molecule has 0 aliphatic carbocycles. The molecule has 2 nitrogen and oxygen atoms in total. The van der Waals surface area contributed by atoms with Crippen molar-refractivity contribution in [2.75, 3.05) is 0 Å². The Balaban J connectivity index is 1.61. The molecule has 15 heteroatoms. The van der Waals surface area contributed by atoms with Crippen molar-refractivity contribution < 1.29 is 66.5 Å². The molecule has 0 aliphatic heterocycles. The van der Waals surface area contributed by atoms with Gasteiger partial charge < -0.3 is 9.47 Å². The summed E-state index contributed by atoms with van der Waals surface area (Å²) in [6.07, 6.45) is -8.39. The van der Waals surface area contributed by atoms with Crippen LogP contribution in [0.15, 0.2) is 61.2 Å². The summed E-state index contributed by atoms with van der Waals surface area (Å²) in [5, 5.41) is 0. The van der Waals surface area contributed by atoms with Crippen LogP contribution in [0.25, 0.3) is 11.1 Å². The maximum Gasteiger partial charge on any atom is 0.573 e. The molecule has 246 valence electrons. The predicted molar refractivity (Wildman–Crippen MR) is 140 cm³/mol. The van der Waals surface area contributed by atoms with E-state index in [4.69, 9.17) is 0 Å². The van der Waals surface area contributed by atoms with Gasteiger partial charge in [-0.2, -0.15) is 8.78 Å². The largest absolute Gasteiger partial charge is 0.573 e. The Morgan fingerprint density at radius 1 is 0.617 bits per heavy atom. The van der Waals surface area contributed by atoms with Crippen LogP contribution >= 0.6 is 0 Å². The van der Waals surface area contributed by atoms with Crippen LogP contribution in [-0.4, -0.2) is 6.36 Å². The zero-order chi connectivity index (χ0) is 34.8. The molecule has 0 aliphatic rings. The summed E-state index contributed by atoms with van der Waals surface area (Å²) < 4.78 is 189. The Labute approximate surface area is 256 Å². The van der Waals surface area contributed by atoms with Crippen LogP contribution in [0.1, 0.15) is 28.7 Å². The van der Waals surface area contributed by atoms with Crippen LogP contribution < -0.4 is 9.47 Å². The second-order valence-corrected chi connectivity index (χ2v) is 9.52. The fourth-order valence-corrected chi connectivity index (χ4v) is 4.22. The third-order valence-electron chi connectivity index (χ3n) is 6.17. The van der Waals surface area contributed by atoms with E-state index in [1.807, 2.05) is 11.8 Å². The van der Waals surface area contributed by atoms with Crippen LogP contribution in [0, 0.1) is 58.4 Å². The zero-order valence-electron chi connectivity index (χ0n) is 23.0. The predicted octanol–water partition coefficient (Wildman–Crippen LogP) is 10.0. The molecule has 0 bridgehead atoms. The van der Waals surface area contributed by atoms with Crippen molar-refractivity contribution in [1.29, 1.82) is 0 Å². The first-order valence-corrected chi connectivity index (χ1v) is 12.8. The van der Waals surface area contributed by atoms with Gasteiger partial charge in [0.05, 0.1) is 11.1 Å². The highest BCUT2D eigenvalue weighted by Crippen LogP contribution is 2.38. The van der Waals surface area contributed by atoms with Crippen molar-refractivity contribution in [2.45, 2.75) is 25.3 Å². The number of rotatable bonds is 8. The van der Waals surface area contributed by atoms with Gasteiger partial charge in [-0.05, 0) is 60.4 Å². The molecular weight excluding hydrogens is 663 g/mol. The second-order valence-electron chi connectivity index (χ2n) is 9.52. The summed E-state index contributed by atoms with van der Waals surface area (Å²) in [6, 6.07) is 3.11. The number of ether oxygens (including phenoxy) is 2. The van der Waals surface area contributed by atoms with Crippen LogP contribution in [0.4, 0.5) is 57.1 Å². The van der Waals surface area contributed by atoms with E-state index in [1.54, 1.807) is 0 Å². The molecule has 47 heavy (non-hydrogen) atoms. The first-order chi connectivity index (χ1) is 21.9. The van der Waals surface area contributed by atoms with Crippen molar-refractivity contribution in [3.8, 4) is 34.5 Å². The SMILES string of the molecule is C=CCCc1cc(F)c(-c2cc(F)c(C#Cc3cc(F)c(C(F)(F)Oc4cc(F)c(OC(F)(F)F)c(F)c4)c(F)c3)c(F)c2)c(F)c1. The lowest BCUT2D eigenvalue weighted by Crippen LogP contribution is -2.25. The lowest BCUT2D eigenvalue weighted by molar-refractivity contribution is -0.276. The van der Waals surface area contributed by atoms with E-state index >= 15 is 0 Å². The summed E-state index contributed by atoms with van der Waals surface area (Å²) in [4.78, 5) is 0. The topological polar surface area (TPSA) is 18.5 Å². The summed E-state index contributed by atoms with van der Waals surface area (Å²) in [6.45, 7) is 3.50. The maximum atomic E-state index is 14.8. The van der Waals surface area contributed by atoms with E-state index in [9.17, 15) is 57.1 Å². The minimum atomic E-state index is -5.55. The van der Waals surface area contributed by atoms with Gasteiger partial charge in [-0.15, -0.1) is 19.8 Å². The molecular formula is C32H15F13O2. The van der Waals surface area contributed by atoms with Crippen molar-refractivity contribution >= 4 is 0 Å². The summed E-state index contributed by atoms with van der Waals surface area (Å²) in [5.41, 5.74) is -4.91. The lowest BCUT2D eigenvalue weighted by atomic mass is 9.98. The summed E-state index contributed by atoms with van der Waals surface area (Å²) in [7, 11) is 0. The number of hydrogen-bond donors (Lipinski definition) is 0. The van der Waals surface area contributed by atoms with Crippen LogP contribution in [-0.2, 0) is 12.5 Å². The third-order valence-corrected chi connectivity index (χ3v) is 6.17. The highest BCUT2D eigenvalue weighted by atomic mass is 19.4. The van der Waals surface area contributed by atoms with Gasteiger partial charge in [0.25, 0.3) is 0 Å². The van der Waals surface area contributed by atoms with E-state index in [2.05, 4.69) is 16.1 Å². The number of halogens is 13. The molecule has 0 saturated heterocycles. The Hall–Kier alpha value is -5.13. The lowest BCUT2D eigenvalue weighted by Gasteiger charge is -2.20. The number of hydrogen-bond acceptors (Lipinski definition) is 2. The highest BCUT2D eigenvalue weighted by molar-refractivity contribution is 5.67. The number of aryl methyl sites for hydroxylation is 1. The molecule has 0 unspecified atom stereocenters. The molecule has 0 saturated carbocycles.